The molecule has 5 heteroatoms. The summed E-state index contributed by atoms with van der Waals surface area (Å²) < 4.78 is 6.28. The molecule has 0 spiro atoms. The second-order valence-electron chi connectivity index (χ2n) is 5.17. The number of likely N-dealkylation sites (N-methyl/N-ethyl adjacent to an activating group) is 1. The fourth-order valence-electron chi connectivity index (χ4n) is 1.86. The normalized spacial score (nSPS) is 10.8. The lowest BCUT2D eigenvalue weighted by Crippen LogP contribution is -2.38. The number of carbonyl (C=O) groups is 1. The standard InChI is InChI=1S/C15H19BrN2O2/c1-15(2,10-17)14(19)18(3)8-7-11-9-12(16)5-6-13(11)20-4/h5-6,9H,7-8H2,1-4H3. The van der Waals surface area contributed by atoms with E-state index in [2.05, 4.69) is 15.9 Å². The van der Waals surface area contributed by atoms with Gasteiger partial charge in [0.05, 0.1) is 13.2 Å². The van der Waals surface area contributed by atoms with Crippen molar-refractivity contribution in [3.63, 3.8) is 0 Å². The van der Waals surface area contributed by atoms with E-state index in [9.17, 15) is 4.79 Å². The SMILES string of the molecule is COc1ccc(Br)cc1CCN(C)C(=O)C(C)(C)C#N. The molecule has 20 heavy (non-hydrogen) atoms. The Hall–Kier alpha value is -1.54. The second-order valence-corrected chi connectivity index (χ2v) is 6.09. The first-order chi connectivity index (χ1) is 9.31. The number of hydrogen-bond acceptors (Lipinski definition) is 3. The molecular weight excluding hydrogens is 320 g/mol. The molecule has 0 aliphatic heterocycles. The highest BCUT2D eigenvalue weighted by molar-refractivity contribution is 9.10. The van der Waals surface area contributed by atoms with Crippen molar-refractivity contribution in [3.8, 4) is 11.8 Å². The highest BCUT2D eigenvalue weighted by Gasteiger charge is 2.30. The molecule has 1 aromatic rings. The summed E-state index contributed by atoms with van der Waals surface area (Å²) in [5, 5.41) is 8.99. The number of nitrogens with zero attached hydrogens (tertiary/aromatic N) is 2. The Labute approximate surface area is 128 Å². The van der Waals surface area contributed by atoms with Gasteiger partial charge in [-0.3, -0.25) is 4.79 Å². The number of methoxy groups -OCH3 is 1. The zero-order valence-electron chi connectivity index (χ0n) is 12.2. The highest BCUT2D eigenvalue weighted by atomic mass is 79.9. The summed E-state index contributed by atoms with van der Waals surface area (Å²) in [5.74, 6) is 0.627. The van der Waals surface area contributed by atoms with E-state index in [-0.39, 0.29) is 5.91 Å². The van der Waals surface area contributed by atoms with Crippen molar-refractivity contribution >= 4 is 21.8 Å². The summed E-state index contributed by atoms with van der Waals surface area (Å²) in [5.41, 5.74) is 0.0344. The van der Waals surface area contributed by atoms with E-state index in [4.69, 9.17) is 10.00 Å². The fraction of sp³-hybridized carbons (Fsp3) is 0.467. The number of hydrogen-bond donors (Lipinski definition) is 0. The predicted molar refractivity (Wildman–Crippen MR) is 81.4 cm³/mol. The molecule has 0 saturated carbocycles. The largest absolute Gasteiger partial charge is 0.496 e. The van der Waals surface area contributed by atoms with Crippen LogP contribution in [0.25, 0.3) is 0 Å². The molecule has 108 valence electrons. The van der Waals surface area contributed by atoms with Crippen LogP contribution in [0.15, 0.2) is 22.7 Å². The van der Waals surface area contributed by atoms with Crippen LogP contribution in [-0.2, 0) is 11.2 Å². The molecule has 0 heterocycles. The molecule has 1 amide bonds. The minimum absolute atomic E-state index is 0.172. The third-order valence-corrected chi connectivity index (χ3v) is 3.61. The second kappa shape index (κ2) is 6.76. The minimum Gasteiger partial charge on any atom is -0.496 e. The number of ether oxygens (including phenoxy) is 1. The number of halogens is 1. The minimum atomic E-state index is -0.990. The van der Waals surface area contributed by atoms with Crippen LogP contribution in [0.3, 0.4) is 0 Å². The van der Waals surface area contributed by atoms with Crippen molar-refractivity contribution in [2.75, 3.05) is 20.7 Å². The molecule has 0 unspecified atom stereocenters. The van der Waals surface area contributed by atoms with Crippen LogP contribution in [-0.4, -0.2) is 31.5 Å². The molecule has 0 bridgehead atoms. The molecule has 0 fully saturated rings. The van der Waals surface area contributed by atoms with Gasteiger partial charge in [0.2, 0.25) is 5.91 Å². The summed E-state index contributed by atoms with van der Waals surface area (Å²) in [4.78, 5) is 13.7. The topological polar surface area (TPSA) is 53.3 Å². The van der Waals surface area contributed by atoms with E-state index in [1.54, 1.807) is 32.9 Å². The number of rotatable bonds is 5. The molecule has 0 atom stereocenters. The lowest BCUT2D eigenvalue weighted by atomic mass is 9.94. The van der Waals surface area contributed by atoms with Crippen molar-refractivity contribution in [2.45, 2.75) is 20.3 Å². The van der Waals surface area contributed by atoms with Crippen molar-refractivity contribution in [3.05, 3.63) is 28.2 Å². The zero-order chi connectivity index (χ0) is 15.3. The molecule has 0 saturated heterocycles. The number of carbonyl (C=O) groups excluding carboxylic acids is 1. The fourth-order valence-corrected chi connectivity index (χ4v) is 2.27. The van der Waals surface area contributed by atoms with Gasteiger partial charge in [-0.05, 0) is 44.0 Å². The molecule has 0 aliphatic rings. The molecule has 1 aromatic carbocycles. The summed E-state index contributed by atoms with van der Waals surface area (Å²) in [6.07, 6.45) is 0.673. The average Bonchev–Trinajstić information content (AvgIpc) is 2.43. The number of amides is 1. The van der Waals surface area contributed by atoms with Crippen LogP contribution < -0.4 is 4.74 Å². The number of nitriles is 1. The van der Waals surface area contributed by atoms with Crippen molar-refractivity contribution in [1.82, 2.24) is 4.90 Å². The van der Waals surface area contributed by atoms with Gasteiger partial charge in [-0.1, -0.05) is 15.9 Å². The average molecular weight is 339 g/mol. The van der Waals surface area contributed by atoms with Gasteiger partial charge in [0.15, 0.2) is 0 Å². The van der Waals surface area contributed by atoms with Crippen LogP contribution in [0, 0.1) is 16.7 Å². The van der Waals surface area contributed by atoms with Crippen LogP contribution in [0.1, 0.15) is 19.4 Å². The van der Waals surface area contributed by atoms with E-state index in [0.29, 0.717) is 13.0 Å². The maximum Gasteiger partial charge on any atom is 0.242 e. The summed E-state index contributed by atoms with van der Waals surface area (Å²) in [6.45, 7) is 3.80. The van der Waals surface area contributed by atoms with Gasteiger partial charge < -0.3 is 9.64 Å². The van der Waals surface area contributed by atoms with Gasteiger partial charge in [-0.25, -0.2) is 0 Å². The lowest BCUT2D eigenvalue weighted by molar-refractivity contribution is -0.136. The van der Waals surface area contributed by atoms with Gasteiger partial charge in [-0.15, -0.1) is 0 Å². The molecule has 0 aliphatic carbocycles. The van der Waals surface area contributed by atoms with Gasteiger partial charge in [0.1, 0.15) is 11.2 Å². The highest BCUT2D eigenvalue weighted by Crippen LogP contribution is 2.24. The predicted octanol–water partition coefficient (Wildman–Crippen LogP) is 3.01. The van der Waals surface area contributed by atoms with E-state index in [0.717, 1.165) is 15.8 Å². The zero-order valence-corrected chi connectivity index (χ0v) is 13.8. The van der Waals surface area contributed by atoms with Gasteiger partial charge in [0.25, 0.3) is 0 Å². The van der Waals surface area contributed by atoms with Crippen molar-refractivity contribution in [2.24, 2.45) is 5.41 Å². The Kier molecular flexibility index (Phi) is 5.58. The molecule has 1 rings (SSSR count). The van der Waals surface area contributed by atoms with Crippen LogP contribution in [0.5, 0.6) is 5.75 Å². The Morgan fingerprint density at radius 1 is 1.50 bits per heavy atom. The molecule has 4 nitrogen and oxygen atoms in total. The lowest BCUT2D eigenvalue weighted by Gasteiger charge is -2.24. The van der Waals surface area contributed by atoms with Crippen molar-refractivity contribution in [1.29, 1.82) is 5.26 Å². The Morgan fingerprint density at radius 3 is 2.70 bits per heavy atom. The molecule has 0 aromatic heterocycles. The van der Waals surface area contributed by atoms with Crippen LogP contribution in [0.4, 0.5) is 0 Å². The Morgan fingerprint density at radius 2 is 2.15 bits per heavy atom. The van der Waals surface area contributed by atoms with Crippen LogP contribution >= 0.6 is 15.9 Å². The van der Waals surface area contributed by atoms with Gasteiger partial charge >= 0.3 is 0 Å². The van der Waals surface area contributed by atoms with E-state index >= 15 is 0 Å². The third-order valence-electron chi connectivity index (χ3n) is 3.12. The van der Waals surface area contributed by atoms with Crippen LogP contribution in [0.2, 0.25) is 0 Å². The maximum atomic E-state index is 12.1. The quantitative estimate of drug-likeness (QED) is 0.829. The van der Waals surface area contributed by atoms with Gasteiger partial charge in [0, 0.05) is 18.1 Å². The number of benzene rings is 1. The van der Waals surface area contributed by atoms with E-state index in [1.165, 1.54) is 0 Å². The summed E-state index contributed by atoms with van der Waals surface area (Å²) in [6, 6.07) is 7.81. The van der Waals surface area contributed by atoms with E-state index < -0.39 is 5.41 Å². The van der Waals surface area contributed by atoms with E-state index in [1.807, 2.05) is 24.3 Å². The first-order valence-corrected chi connectivity index (χ1v) is 7.10. The van der Waals surface area contributed by atoms with Gasteiger partial charge in [-0.2, -0.15) is 5.26 Å². The first-order valence-electron chi connectivity index (χ1n) is 6.31. The Bertz CT molecular complexity index is 535. The molecular formula is C15H19BrN2O2. The summed E-state index contributed by atoms with van der Waals surface area (Å²) in [7, 11) is 3.34. The first kappa shape index (κ1) is 16.5. The van der Waals surface area contributed by atoms with Crippen molar-refractivity contribution < 1.29 is 9.53 Å². The third kappa shape index (κ3) is 3.97. The maximum absolute atomic E-state index is 12.1. The molecule has 0 N–H and O–H groups in total. The summed E-state index contributed by atoms with van der Waals surface area (Å²) >= 11 is 3.43. The Balaban J connectivity index is 2.75. The smallest absolute Gasteiger partial charge is 0.242 e. The molecule has 0 radical (unpaired) electrons. The monoisotopic (exact) mass is 338 g/mol.